The summed E-state index contributed by atoms with van der Waals surface area (Å²) in [6, 6.07) is 0.217. The molecular weight excluding hydrogens is 230 g/mol. The molecule has 0 aliphatic rings. The van der Waals surface area contributed by atoms with Gasteiger partial charge in [-0.2, -0.15) is 4.98 Å². The van der Waals surface area contributed by atoms with Crippen molar-refractivity contribution in [2.75, 3.05) is 11.9 Å². The van der Waals surface area contributed by atoms with E-state index in [1.165, 1.54) is 0 Å². The number of hydrogen-bond donors (Lipinski definition) is 2. The number of anilines is 1. The minimum absolute atomic E-state index is 0.100. The Kier molecular flexibility index (Phi) is 3.16. The molecule has 0 unspecified atom stereocenters. The Labute approximate surface area is 95.0 Å². The molecule has 0 saturated heterocycles. The van der Waals surface area contributed by atoms with Crippen molar-refractivity contribution in [3.8, 4) is 0 Å². The van der Waals surface area contributed by atoms with Crippen LogP contribution in [0.3, 0.4) is 0 Å². The monoisotopic (exact) mass is 239 g/mol. The largest absolute Gasteiger partial charge is 0.476 e. The summed E-state index contributed by atoms with van der Waals surface area (Å²) in [6.45, 7) is 0.604. The molecule has 0 bridgehead atoms. The second-order valence-corrected chi connectivity index (χ2v) is 3.92. The number of oxazole rings is 1. The zero-order valence-corrected chi connectivity index (χ0v) is 9.03. The van der Waals surface area contributed by atoms with Gasteiger partial charge in [-0.1, -0.05) is 0 Å². The predicted molar refractivity (Wildman–Crippen MR) is 57.8 cm³/mol. The van der Waals surface area contributed by atoms with Gasteiger partial charge in [0.1, 0.15) is 6.26 Å². The maximum atomic E-state index is 10.5. The first-order valence-corrected chi connectivity index (χ1v) is 5.45. The molecule has 0 fully saturated rings. The van der Waals surface area contributed by atoms with Crippen LogP contribution in [0.4, 0.5) is 6.01 Å². The fraction of sp³-hybridized carbons (Fsp3) is 0.222. The SMILES string of the molecule is O=C(O)c1coc(NCCc2nccs2)n1. The Morgan fingerprint density at radius 1 is 1.62 bits per heavy atom. The number of aromatic carboxylic acids is 1. The van der Waals surface area contributed by atoms with Crippen molar-refractivity contribution in [1.82, 2.24) is 9.97 Å². The average Bonchev–Trinajstić information content (AvgIpc) is 2.87. The smallest absolute Gasteiger partial charge is 0.357 e. The minimum Gasteiger partial charge on any atom is -0.476 e. The lowest BCUT2D eigenvalue weighted by atomic mass is 10.4. The van der Waals surface area contributed by atoms with E-state index in [9.17, 15) is 4.79 Å². The number of carboxylic acids is 1. The number of thiazole rings is 1. The molecule has 0 saturated carbocycles. The van der Waals surface area contributed by atoms with Crippen LogP contribution >= 0.6 is 11.3 Å². The second kappa shape index (κ2) is 4.75. The van der Waals surface area contributed by atoms with Gasteiger partial charge in [0.25, 0.3) is 6.01 Å². The summed E-state index contributed by atoms with van der Waals surface area (Å²) in [5.41, 5.74) is -0.100. The first kappa shape index (κ1) is 10.6. The molecule has 16 heavy (non-hydrogen) atoms. The molecule has 2 heterocycles. The van der Waals surface area contributed by atoms with E-state index in [-0.39, 0.29) is 11.7 Å². The van der Waals surface area contributed by atoms with Crippen LogP contribution in [0.1, 0.15) is 15.5 Å². The number of nitrogens with one attached hydrogen (secondary N) is 1. The van der Waals surface area contributed by atoms with Gasteiger partial charge in [-0.15, -0.1) is 11.3 Å². The number of carboxylic acid groups (broad SMARTS) is 1. The topological polar surface area (TPSA) is 88.2 Å². The van der Waals surface area contributed by atoms with Gasteiger partial charge in [-0.05, 0) is 0 Å². The van der Waals surface area contributed by atoms with E-state index >= 15 is 0 Å². The molecule has 2 aromatic heterocycles. The van der Waals surface area contributed by atoms with Crippen LogP contribution in [-0.4, -0.2) is 27.6 Å². The lowest BCUT2D eigenvalue weighted by Crippen LogP contribution is -2.05. The van der Waals surface area contributed by atoms with E-state index < -0.39 is 5.97 Å². The Morgan fingerprint density at radius 3 is 3.12 bits per heavy atom. The molecular formula is C9H9N3O3S. The normalized spacial score (nSPS) is 10.2. The average molecular weight is 239 g/mol. The van der Waals surface area contributed by atoms with Gasteiger partial charge in [-0.25, -0.2) is 9.78 Å². The van der Waals surface area contributed by atoms with Crippen LogP contribution in [-0.2, 0) is 6.42 Å². The Bertz CT molecular complexity index is 466. The highest BCUT2D eigenvalue weighted by Gasteiger charge is 2.09. The maximum Gasteiger partial charge on any atom is 0.357 e. The predicted octanol–water partition coefficient (Wildman–Crippen LogP) is 1.48. The molecule has 0 aromatic carbocycles. The second-order valence-electron chi connectivity index (χ2n) is 2.95. The summed E-state index contributed by atoms with van der Waals surface area (Å²) >= 11 is 1.57. The van der Waals surface area contributed by atoms with E-state index in [4.69, 9.17) is 9.52 Å². The van der Waals surface area contributed by atoms with Crippen LogP contribution < -0.4 is 5.32 Å². The number of nitrogens with zero attached hydrogens (tertiary/aromatic N) is 2. The maximum absolute atomic E-state index is 10.5. The highest BCUT2D eigenvalue weighted by molar-refractivity contribution is 7.09. The van der Waals surface area contributed by atoms with E-state index in [1.807, 2.05) is 5.38 Å². The van der Waals surface area contributed by atoms with Crippen molar-refractivity contribution in [3.05, 3.63) is 28.5 Å². The highest BCUT2D eigenvalue weighted by atomic mass is 32.1. The lowest BCUT2D eigenvalue weighted by molar-refractivity contribution is 0.0690. The van der Waals surface area contributed by atoms with Crippen molar-refractivity contribution in [3.63, 3.8) is 0 Å². The van der Waals surface area contributed by atoms with E-state index in [0.29, 0.717) is 6.54 Å². The molecule has 0 amide bonds. The molecule has 0 radical (unpaired) electrons. The number of carbonyl (C=O) groups is 1. The van der Waals surface area contributed by atoms with Crippen LogP contribution in [0.25, 0.3) is 0 Å². The molecule has 6 nitrogen and oxygen atoms in total. The van der Waals surface area contributed by atoms with Crippen LogP contribution in [0.2, 0.25) is 0 Å². The summed E-state index contributed by atoms with van der Waals surface area (Å²) in [4.78, 5) is 18.4. The van der Waals surface area contributed by atoms with Crippen LogP contribution in [0.5, 0.6) is 0 Å². The van der Waals surface area contributed by atoms with Crippen molar-refractivity contribution >= 4 is 23.3 Å². The summed E-state index contributed by atoms with van der Waals surface area (Å²) in [5.74, 6) is -1.10. The number of aromatic nitrogens is 2. The third kappa shape index (κ3) is 2.57. The lowest BCUT2D eigenvalue weighted by Gasteiger charge is -1.97. The zero-order chi connectivity index (χ0) is 11.4. The van der Waals surface area contributed by atoms with E-state index in [1.54, 1.807) is 17.5 Å². The number of rotatable bonds is 5. The molecule has 0 atom stereocenters. The molecule has 84 valence electrons. The van der Waals surface area contributed by atoms with Gasteiger partial charge in [0.2, 0.25) is 0 Å². The van der Waals surface area contributed by atoms with E-state index in [2.05, 4.69) is 15.3 Å². The minimum atomic E-state index is -1.10. The summed E-state index contributed by atoms with van der Waals surface area (Å²) in [7, 11) is 0. The quantitative estimate of drug-likeness (QED) is 0.821. The zero-order valence-electron chi connectivity index (χ0n) is 8.21. The van der Waals surface area contributed by atoms with Gasteiger partial charge < -0.3 is 14.8 Å². The van der Waals surface area contributed by atoms with E-state index in [0.717, 1.165) is 17.7 Å². The Balaban J connectivity index is 1.83. The third-order valence-corrected chi connectivity index (χ3v) is 2.66. The van der Waals surface area contributed by atoms with Gasteiger partial charge in [0.15, 0.2) is 5.69 Å². The van der Waals surface area contributed by atoms with Crippen molar-refractivity contribution in [2.24, 2.45) is 0 Å². The van der Waals surface area contributed by atoms with Gasteiger partial charge in [-0.3, -0.25) is 0 Å². The summed E-state index contributed by atoms with van der Waals surface area (Å²) < 4.78 is 4.93. The fourth-order valence-corrected chi connectivity index (χ4v) is 1.73. The van der Waals surface area contributed by atoms with Crippen LogP contribution in [0.15, 0.2) is 22.3 Å². The molecule has 2 N–H and O–H groups in total. The fourth-order valence-electron chi connectivity index (χ4n) is 1.11. The Morgan fingerprint density at radius 2 is 2.50 bits per heavy atom. The highest BCUT2D eigenvalue weighted by Crippen LogP contribution is 2.08. The van der Waals surface area contributed by atoms with Gasteiger partial charge >= 0.3 is 5.97 Å². The van der Waals surface area contributed by atoms with Crippen LogP contribution in [0, 0.1) is 0 Å². The Hall–Kier alpha value is -1.89. The molecule has 0 aliphatic heterocycles. The molecule has 2 aromatic rings. The molecule has 7 heteroatoms. The summed E-state index contributed by atoms with van der Waals surface area (Å²) in [5, 5.41) is 14.4. The molecule has 0 spiro atoms. The number of hydrogen-bond acceptors (Lipinski definition) is 6. The summed E-state index contributed by atoms with van der Waals surface area (Å²) in [6.07, 6.45) is 3.60. The van der Waals surface area contributed by atoms with Gasteiger partial charge in [0, 0.05) is 24.5 Å². The van der Waals surface area contributed by atoms with Gasteiger partial charge in [0.05, 0.1) is 5.01 Å². The first-order valence-electron chi connectivity index (χ1n) is 4.57. The van der Waals surface area contributed by atoms with Crippen molar-refractivity contribution in [2.45, 2.75) is 6.42 Å². The van der Waals surface area contributed by atoms with Crippen molar-refractivity contribution in [1.29, 1.82) is 0 Å². The first-order chi connectivity index (χ1) is 7.75. The molecule has 0 aliphatic carbocycles. The standard InChI is InChI=1S/C9H9N3O3S/c13-8(14)6-5-15-9(12-6)11-2-1-7-10-3-4-16-7/h3-5H,1-2H2,(H,11,12)(H,13,14). The third-order valence-electron chi connectivity index (χ3n) is 1.82. The van der Waals surface area contributed by atoms with Crippen molar-refractivity contribution < 1.29 is 14.3 Å². The molecule has 2 rings (SSSR count).